The van der Waals surface area contributed by atoms with E-state index >= 15 is 0 Å². The second-order valence-electron chi connectivity index (χ2n) is 6.34. The Hall–Kier alpha value is -2.41. The zero-order valence-corrected chi connectivity index (χ0v) is 14.5. The molecular weight excluding hydrogens is 318 g/mol. The molecular formula is C18H25N5O2. The van der Waals surface area contributed by atoms with Gasteiger partial charge in [0.05, 0.1) is 12.7 Å². The van der Waals surface area contributed by atoms with Gasteiger partial charge in [-0.25, -0.2) is 9.97 Å². The standard InChI is InChI=1S/C18H25N5O2/c1-14(4-3-9-24)22-17-10-18(21-13-20-17)23-8-6-16(12-23)25-15-5-2-7-19-11-15/h2,5,7,10-11,13-14,16,24H,3-4,6,8-9,12H2,1H3,(H,20,21,22). The van der Waals surface area contributed by atoms with Gasteiger partial charge in [0, 0.05) is 37.9 Å². The van der Waals surface area contributed by atoms with Gasteiger partial charge in [-0.2, -0.15) is 0 Å². The highest BCUT2D eigenvalue weighted by molar-refractivity contribution is 5.49. The second kappa shape index (κ2) is 8.62. The van der Waals surface area contributed by atoms with E-state index in [4.69, 9.17) is 9.84 Å². The molecule has 1 aliphatic rings. The number of aliphatic hydroxyl groups is 1. The first-order valence-corrected chi connectivity index (χ1v) is 8.75. The Labute approximate surface area is 148 Å². The Kier molecular flexibility index (Phi) is 6.00. The van der Waals surface area contributed by atoms with Crippen molar-refractivity contribution < 1.29 is 9.84 Å². The van der Waals surface area contributed by atoms with Crippen LogP contribution in [0.4, 0.5) is 11.6 Å². The summed E-state index contributed by atoms with van der Waals surface area (Å²) in [6, 6.07) is 6.04. The van der Waals surface area contributed by atoms with Gasteiger partial charge in [-0.3, -0.25) is 4.98 Å². The van der Waals surface area contributed by atoms with Crippen LogP contribution in [0.25, 0.3) is 0 Å². The summed E-state index contributed by atoms with van der Waals surface area (Å²) in [6.07, 6.45) is 7.85. The first kappa shape index (κ1) is 17.4. The predicted molar refractivity (Wildman–Crippen MR) is 96.9 cm³/mol. The molecule has 134 valence electrons. The molecule has 0 saturated carbocycles. The fraction of sp³-hybridized carbons (Fsp3) is 0.500. The van der Waals surface area contributed by atoms with Crippen LogP contribution in [-0.2, 0) is 0 Å². The lowest BCUT2D eigenvalue weighted by molar-refractivity contribution is 0.224. The lowest BCUT2D eigenvalue weighted by Crippen LogP contribution is -2.25. The third-order valence-corrected chi connectivity index (χ3v) is 4.25. The fourth-order valence-electron chi connectivity index (χ4n) is 2.96. The first-order chi connectivity index (χ1) is 12.2. The summed E-state index contributed by atoms with van der Waals surface area (Å²) in [4.78, 5) is 15.0. The van der Waals surface area contributed by atoms with Crippen molar-refractivity contribution in [2.75, 3.05) is 29.9 Å². The van der Waals surface area contributed by atoms with Crippen LogP contribution in [0.1, 0.15) is 26.2 Å². The van der Waals surface area contributed by atoms with E-state index in [1.165, 1.54) is 0 Å². The molecule has 25 heavy (non-hydrogen) atoms. The lowest BCUT2D eigenvalue weighted by atomic mass is 10.2. The number of aliphatic hydroxyl groups excluding tert-OH is 1. The molecule has 3 rings (SSSR count). The van der Waals surface area contributed by atoms with Crippen LogP contribution in [0.15, 0.2) is 36.9 Å². The van der Waals surface area contributed by atoms with E-state index in [1.54, 1.807) is 18.7 Å². The van der Waals surface area contributed by atoms with E-state index < -0.39 is 0 Å². The summed E-state index contributed by atoms with van der Waals surface area (Å²) in [7, 11) is 0. The molecule has 0 spiro atoms. The SMILES string of the molecule is CC(CCCO)Nc1cc(N2CCC(Oc3cccnc3)C2)ncn1. The summed E-state index contributed by atoms with van der Waals surface area (Å²) in [5.41, 5.74) is 0. The maximum Gasteiger partial charge on any atom is 0.138 e. The molecule has 0 bridgehead atoms. The number of nitrogens with zero attached hydrogens (tertiary/aromatic N) is 4. The number of ether oxygens (including phenoxy) is 1. The average Bonchev–Trinajstić information content (AvgIpc) is 3.09. The Bertz CT molecular complexity index is 655. The van der Waals surface area contributed by atoms with E-state index in [1.807, 2.05) is 18.2 Å². The van der Waals surface area contributed by atoms with E-state index in [9.17, 15) is 0 Å². The van der Waals surface area contributed by atoms with Crippen molar-refractivity contribution in [2.45, 2.75) is 38.3 Å². The normalized spacial score (nSPS) is 18.2. The quantitative estimate of drug-likeness (QED) is 0.759. The number of hydrogen-bond donors (Lipinski definition) is 2. The molecule has 0 amide bonds. The topological polar surface area (TPSA) is 83.4 Å². The number of pyridine rings is 1. The average molecular weight is 343 g/mol. The van der Waals surface area contributed by atoms with Crippen LogP contribution < -0.4 is 15.0 Å². The van der Waals surface area contributed by atoms with Crippen molar-refractivity contribution >= 4 is 11.6 Å². The summed E-state index contributed by atoms with van der Waals surface area (Å²) >= 11 is 0. The molecule has 3 heterocycles. The van der Waals surface area contributed by atoms with Gasteiger partial charge in [-0.15, -0.1) is 0 Å². The highest BCUT2D eigenvalue weighted by Crippen LogP contribution is 2.23. The largest absolute Gasteiger partial charge is 0.487 e. The number of hydrogen-bond acceptors (Lipinski definition) is 7. The molecule has 2 aromatic heterocycles. The van der Waals surface area contributed by atoms with Crippen molar-refractivity contribution in [3.63, 3.8) is 0 Å². The first-order valence-electron chi connectivity index (χ1n) is 8.75. The molecule has 2 atom stereocenters. The fourth-order valence-corrected chi connectivity index (χ4v) is 2.96. The minimum Gasteiger partial charge on any atom is -0.487 e. The van der Waals surface area contributed by atoms with Crippen molar-refractivity contribution in [1.29, 1.82) is 0 Å². The van der Waals surface area contributed by atoms with Crippen molar-refractivity contribution in [1.82, 2.24) is 15.0 Å². The van der Waals surface area contributed by atoms with Crippen LogP contribution in [0.3, 0.4) is 0 Å². The lowest BCUT2D eigenvalue weighted by Gasteiger charge is -2.19. The Balaban J connectivity index is 1.56. The maximum absolute atomic E-state index is 8.92. The number of nitrogens with one attached hydrogen (secondary N) is 1. The van der Waals surface area contributed by atoms with Crippen LogP contribution in [-0.4, -0.2) is 51.9 Å². The summed E-state index contributed by atoms with van der Waals surface area (Å²) in [6.45, 7) is 4.01. The van der Waals surface area contributed by atoms with Gasteiger partial charge in [-0.05, 0) is 31.9 Å². The zero-order chi connectivity index (χ0) is 17.5. The molecule has 7 nitrogen and oxygen atoms in total. The highest BCUT2D eigenvalue weighted by Gasteiger charge is 2.25. The van der Waals surface area contributed by atoms with Crippen molar-refractivity contribution in [3.8, 4) is 5.75 Å². The molecule has 0 radical (unpaired) electrons. The van der Waals surface area contributed by atoms with Gasteiger partial charge in [0.15, 0.2) is 0 Å². The van der Waals surface area contributed by atoms with Crippen LogP contribution in [0, 0.1) is 0 Å². The molecule has 2 aromatic rings. The van der Waals surface area contributed by atoms with Crippen LogP contribution in [0.2, 0.25) is 0 Å². The van der Waals surface area contributed by atoms with E-state index in [-0.39, 0.29) is 18.8 Å². The van der Waals surface area contributed by atoms with Crippen molar-refractivity contribution in [3.05, 3.63) is 36.9 Å². The van der Waals surface area contributed by atoms with Crippen LogP contribution in [0.5, 0.6) is 5.75 Å². The minimum atomic E-state index is 0.138. The monoisotopic (exact) mass is 343 g/mol. The Morgan fingerprint density at radius 2 is 2.36 bits per heavy atom. The zero-order valence-electron chi connectivity index (χ0n) is 14.5. The van der Waals surface area contributed by atoms with E-state index in [0.29, 0.717) is 0 Å². The van der Waals surface area contributed by atoms with Gasteiger partial charge in [-0.1, -0.05) is 0 Å². The smallest absolute Gasteiger partial charge is 0.138 e. The third kappa shape index (κ3) is 5.03. The number of rotatable bonds is 8. The summed E-state index contributed by atoms with van der Waals surface area (Å²) in [5.74, 6) is 2.52. The van der Waals surface area contributed by atoms with Gasteiger partial charge in [0.2, 0.25) is 0 Å². The van der Waals surface area contributed by atoms with Gasteiger partial charge in [0.1, 0.15) is 29.8 Å². The molecule has 1 fully saturated rings. The molecule has 2 N–H and O–H groups in total. The summed E-state index contributed by atoms with van der Waals surface area (Å²) < 4.78 is 5.98. The number of aromatic nitrogens is 3. The van der Waals surface area contributed by atoms with E-state index in [0.717, 1.165) is 49.7 Å². The molecule has 2 unspecified atom stereocenters. The van der Waals surface area contributed by atoms with Crippen LogP contribution >= 0.6 is 0 Å². The molecule has 1 aliphatic heterocycles. The summed E-state index contributed by atoms with van der Waals surface area (Å²) in [5, 5.41) is 12.3. The van der Waals surface area contributed by atoms with Gasteiger partial charge >= 0.3 is 0 Å². The maximum atomic E-state index is 8.92. The molecule has 0 aliphatic carbocycles. The molecule has 7 heteroatoms. The Morgan fingerprint density at radius 1 is 1.44 bits per heavy atom. The van der Waals surface area contributed by atoms with Gasteiger partial charge in [0.25, 0.3) is 0 Å². The predicted octanol–water partition coefficient (Wildman–Crippen LogP) is 2.10. The second-order valence-corrected chi connectivity index (χ2v) is 6.34. The third-order valence-electron chi connectivity index (χ3n) is 4.25. The van der Waals surface area contributed by atoms with E-state index in [2.05, 4.69) is 32.1 Å². The van der Waals surface area contributed by atoms with Crippen molar-refractivity contribution in [2.24, 2.45) is 0 Å². The number of anilines is 2. The Morgan fingerprint density at radius 3 is 3.16 bits per heavy atom. The van der Waals surface area contributed by atoms with Gasteiger partial charge < -0.3 is 20.1 Å². The highest BCUT2D eigenvalue weighted by atomic mass is 16.5. The molecule has 1 saturated heterocycles. The minimum absolute atomic E-state index is 0.138. The molecule has 0 aromatic carbocycles.